The third-order valence-electron chi connectivity index (χ3n) is 0. The van der Waals surface area contributed by atoms with Crippen molar-refractivity contribution >= 4 is 82.7 Å². The van der Waals surface area contributed by atoms with E-state index in [9.17, 15) is 0 Å². The predicted molar refractivity (Wildman–Crippen MR) is 31.4 cm³/mol. The summed E-state index contributed by atoms with van der Waals surface area (Å²) >= 11 is -3.11. The molecule has 0 N–H and O–H groups in total. The standard InChI is InChI=1S/4ClH.Sr.Ti.2H/h4*1H;;;;/q;;;;+2;+4;2*-1/p-4. The van der Waals surface area contributed by atoms with Gasteiger partial charge in [-0.1, -0.05) is 0 Å². The van der Waals surface area contributed by atoms with Crippen LogP contribution in [0.4, 0.5) is 0 Å². The molecule has 0 spiro atoms. The van der Waals surface area contributed by atoms with Gasteiger partial charge in [0.1, 0.15) is 0 Å². The van der Waals surface area contributed by atoms with Crippen LogP contribution in [0.15, 0.2) is 0 Å². The molecule has 0 aromatic rings. The molecule has 0 aliphatic heterocycles. The Morgan fingerprint density at radius 2 is 1.00 bits per heavy atom. The SMILES string of the molecule is [Cl][Ti]([Cl])([Cl])[Cl].[H-].[H-].[Sr+2]. The van der Waals surface area contributed by atoms with E-state index >= 15 is 0 Å². The van der Waals surface area contributed by atoms with Crippen LogP contribution in [-0.4, -0.2) is 45.5 Å². The van der Waals surface area contributed by atoms with Crippen LogP contribution in [0.3, 0.4) is 0 Å². The molecule has 0 rings (SSSR count). The Bertz CT molecular complexity index is 29.5. The summed E-state index contributed by atoms with van der Waals surface area (Å²) in [5, 5.41) is 0. The molecule has 0 aromatic carbocycles. The summed E-state index contributed by atoms with van der Waals surface area (Å²) < 4.78 is 0. The summed E-state index contributed by atoms with van der Waals surface area (Å²) in [6, 6.07) is 0. The van der Waals surface area contributed by atoms with Crippen LogP contribution >= 0.6 is 37.2 Å². The normalized spacial score (nSPS) is 10.0. The van der Waals surface area contributed by atoms with Gasteiger partial charge in [-0.05, 0) is 0 Å². The van der Waals surface area contributed by atoms with Crippen molar-refractivity contribution < 1.29 is 15.2 Å². The average Bonchev–Trinajstić information content (AvgIpc) is 0.722. The van der Waals surface area contributed by atoms with Crippen LogP contribution in [0.1, 0.15) is 2.85 Å². The van der Waals surface area contributed by atoms with Crippen molar-refractivity contribution in [2.45, 2.75) is 0 Å². The molecule has 0 nitrogen and oxygen atoms in total. The van der Waals surface area contributed by atoms with Crippen molar-refractivity contribution in [3.63, 3.8) is 0 Å². The Balaban J connectivity index is -0.0000000267. The molecule has 0 aliphatic rings. The van der Waals surface area contributed by atoms with E-state index in [1.165, 1.54) is 0 Å². The fourth-order valence-corrected chi connectivity index (χ4v) is 0. The van der Waals surface area contributed by atoms with Crippen molar-refractivity contribution in [1.82, 2.24) is 0 Å². The zero-order valence-corrected chi connectivity index (χ0v) is 10.8. The Kier molecular flexibility index (Phi) is 10.4. The van der Waals surface area contributed by atoms with Crippen molar-refractivity contribution in [3.05, 3.63) is 0 Å². The first kappa shape index (κ1) is 12.1. The molecule has 6 heteroatoms. The van der Waals surface area contributed by atoms with E-state index in [-0.39, 0.29) is 48.3 Å². The van der Waals surface area contributed by atoms with Gasteiger partial charge in [-0.3, -0.25) is 0 Å². The van der Waals surface area contributed by atoms with Crippen molar-refractivity contribution in [2.75, 3.05) is 0 Å². The molecule has 0 saturated heterocycles. The van der Waals surface area contributed by atoms with Gasteiger partial charge in [0, 0.05) is 0 Å². The number of halogens is 4. The quantitative estimate of drug-likeness (QED) is 0.598. The van der Waals surface area contributed by atoms with Crippen LogP contribution < -0.4 is 0 Å². The first-order chi connectivity index (χ1) is 2.00. The molecule has 36 valence electrons. The largest absolute Gasteiger partial charge is 2.00 e. The van der Waals surface area contributed by atoms with Crippen molar-refractivity contribution in [2.24, 2.45) is 0 Å². The summed E-state index contributed by atoms with van der Waals surface area (Å²) in [5.41, 5.74) is 0. The summed E-state index contributed by atoms with van der Waals surface area (Å²) in [5.74, 6) is 0. The average molecular weight is 279 g/mol. The van der Waals surface area contributed by atoms with Gasteiger partial charge in [0.25, 0.3) is 0 Å². The maximum Gasteiger partial charge on any atom is 2.00 e. The molecule has 0 heterocycles. The maximum absolute atomic E-state index is 5.01. The zero-order valence-electron chi connectivity index (χ0n) is 4.72. The second-order valence-corrected chi connectivity index (χ2v) is 15.9. The molecule has 0 fully saturated rings. The van der Waals surface area contributed by atoms with E-state index in [1.54, 1.807) is 0 Å². The Hall–Kier alpha value is 3.35. The van der Waals surface area contributed by atoms with Gasteiger partial charge in [0.15, 0.2) is 0 Å². The van der Waals surface area contributed by atoms with E-state index in [4.69, 9.17) is 37.2 Å². The Morgan fingerprint density at radius 3 is 1.00 bits per heavy atom. The topological polar surface area (TPSA) is 0 Å². The summed E-state index contributed by atoms with van der Waals surface area (Å²) in [4.78, 5) is 0. The first-order valence-corrected chi connectivity index (χ1v) is 9.35. The van der Waals surface area contributed by atoms with Gasteiger partial charge in [-0.15, -0.1) is 0 Å². The fraction of sp³-hybridized carbons (Fsp3) is 0. The minimum absolute atomic E-state index is 0. The van der Waals surface area contributed by atoms with Gasteiger partial charge in [-0.2, -0.15) is 0 Å². The van der Waals surface area contributed by atoms with Crippen LogP contribution in [0, 0.1) is 0 Å². The number of hydrogen-bond acceptors (Lipinski definition) is 0. The third kappa shape index (κ3) is 26.4. The maximum atomic E-state index is 5.01. The fourth-order valence-electron chi connectivity index (χ4n) is 0. The van der Waals surface area contributed by atoms with Crippen LogP contribution in [0.25, 0.3) is 0 Å². The van der Waals surface area contributed by atoms with Crippen molar-refractivity contribution in [3.8, 4) is 0 Å². The summed E-state index contributed by atoms with van der Waals surface area (Å²) in [7, 11) is 20.1. The van der Waals surface area contributed by atoms with E-state index in [2.05, 4.69) is 0 Å². The third-order valence-corrected chi connectivity index (χ3v) is 0. The Morgan fingerprint density at radius 1 is 1.00 bits per heavy atom. The van der Waals surface area contributed by atoms with E-state index in [1.807, 2.05) is 0 Å². The second-order valence-electron chi connectivity index (χ2n) is 0.429. The molecular weight excluding hydrogens is 277 g/mol. The Labute approximate surface area is 95.6 Å². The molecule has 0 bridgehead atoms. The molecule has 0 aliphatic carbocycles. The van der Waals surface area contributed by atoms with Gasteiger partial charge in [-0.25, -0.2) is 0 Å². The van der Waals surface area contributed by atoms with Crippen molar-refractivity contribution in [1.29, 1.82) is 0 Å². The van der Waals surface area contributed by atoms with E-state index < -0.39 is 12.3 Å². The summed E-state index contributed by atoms with van der Waals surface area (Å²) in [6.45, 7) is 0. The van der Waals surface area contributed by atoms with E-state index in [0.29, 0.717) is 0 Å². The molecule has 0 amide bonds. The molecule has 0 atom stereocenters. The van der Waals surface area contributed by atoms with Gasteiger partial charge < -0.3 is 2.85 Å². The zero-order chi connectivity index (χ0) is 4.50. The first-order valence-electron chi connectivity index (χ1n) is 0.756. The molecular formula is H2Cl4SrTi. The predicted octanol–water partition coefficient (Wildman–Crippen LogP) is 2.60. The van der Waals surface area contributed by atoms with Gasteiger partial charge >= 0.3 is 95.0 Å². The molecule has 0 saturated carbocycles. The second kappa shape index (κ2) is 5.16. The smallest absolute Gasteiger partial charge is 1.00 e. The minimum Gasteiger partial charge on any atom is -1.00 e. The van der Waals surface area contributed by atoms with Crippen LogP contribution in [0.2, 0.25) is 0 Å². The van der Waals surface area contributed by atoms with Crippen LogP contribution in [-0.2, 0) is 12.3 Å². The minimum atomic E-state index is -3.11. The monoisotopic (exact) mass is 278 g/mol. The molecule has 0 aromatic heterocycles. The molecule has 6 heavy (non-hydrogen) atoms. The van der Waals surface area contributed by atoms with Gasteiger partial charge in [0.2, 0.25) is 0 Å². The molecule has 0 unspecified atom stereocenters. The van der Waals surface area contributed by atoms with Gasteiger partial charge in [0.05, 0.1) is 0 Å². The number of rotatable bonds is 0. The summed E-state index contributed by atoms with van der Waals surface area (Å²) in [6.07, 6.45) is 0. The molecule has 0 radical (unpaired) electrons. The van der Waals surface area contributed by atoms with E-state index in [0.717, 1.165) is 0 Å². The van der Waals surface area contributed by atoms with Crippen LogP contribution in [0.5, 0.6) is 0 Å². The number of hydrogen-bond donors (Lipinski definition) is 0.